The number of nitrogens with two attached hydrogens (primary N) is 1. The van der Waals surface area contributed by atoms with Crippen LogP contribution in [0.25, 0.3) is 0 Å². The van der Waals surface area contributed by atoms with Gasteiger partial charge in [0, 0.05) is 5.92 Å². The molecule has 1 rings (SSSR count). The predicted molar refractivity (Wildman–Crippen MR) is 64.1 cm³/mol. The van der Waals surface area contributed by atoms with Gasteiger partial charge in [-0.2, -0.15) is 0 Å². The molecule has 3 N–H and O–H groups in total. The Bertz CT molecular complexity index is 367. The van der Waals surface area contributed by atoms with Gasteiger partial charge in [-0.05, 0) is 13.8 Å². The Morgan fingerprint density at radius 3 is 2.56 bits per heavy atom. The Hall–Kier alpha value is -1.01. The Balaban J connectivity index is 2.52. The smallest absolute Gasteiger partial charge is 0.239 e. The van der Waals surface area contributed by atoms with Gasteiger partial charge in [0.05, 0.1) is 12.1 Å². The van der Waals surface area contributed by atoms with Gasteiger partial charge >= 0.3 is 0 Å². The van der Waals surface area contributed by atoms with E-state index in [4.69, 9.17) is 5.73 Å². The second kappa shape index (κ2) is 4.88. The maximum atomic E-state index is 11.5. The van der Waals surface area contributed by atoms with Gasteiger partial charge in [0.2, 0.25) is 5.91 Å². The van der Waals surface area contributed by atoms with Crippen molar-refractivity contribution in [1.82, 2.24) is 15.5 Å². The van der Waals surface area contributed by atoms with E-state index in [2.05, 4.69) is 29.4 Å². The van der Waals surface area contributed by atoms with Crippen LogP contribution in [0.15, 0.2) is 0 Å². The third kappa shape index (κ3) is 3.53. The number of carbonyl (C=O) groups excluding carboxylic acids is 1. The number of hydrogen-bond acceptors (Lipinski definition) is 5. The molecule has 1 aromatic rings. The summed E-state index contributed by atoms with van der Waals surface area (Å²) in [7, 11) is 0. The zero-order chi connectivity index (χ0) is 12.3. The average Bonchev–Trinajstić information content (AvgIpc) is 2.60. The van der Waals surface area contributed by atoms with Crippen LogP contribution in [0, 0.1) is 0 Å². The summed E-state index contributed by atoms with van der Waals surface area (Å²) in [4.78, 5) is 11.5. The van der Waals surface area contributed by atoms with Gasteiger partial charge in [-0.25, -0.2) is 0 Å². The molecule has 0 saturated carbocycles. The highest BCUT2D eigenvalue weighted by atomic mass is 32.1. The van der Waals surface area contributed by atoms with Crippen LogP contribution < -0.4 is 11.1 Å². The first kappa shape index (κ1) is 13.1. The van der Waals surface area contributed by atoms with Crippen LogP contribution in [0.4, 0.5) is 0 Å². The van der Waals surface area contributed by atoms with Crippen molar-refractivity contribution in [2.75, 3.05) is 0 Å². The van der Waals surface area contributed by atoms with Crippen LogP contribution in [0.2, 0.25) is 0 Å². The van der Waals surface area contributed by atoms with E-state index in [9.17, 15) is 4.79 Å². The topological polar surface area (TPSA) is 80.9 Å². The van der Waals surface area contributed by atoms with Crippen molar-refractivity contribution in [3.63, 3.8) is 0 Å². The van der Waals surface area contributed by atoms with Gasteiger partial charge in [-0.1, -0.05) is 25.2 Å². The molecule has 0 aliphatic rings. The van der Waals surface area contributed by atoms with Crippen molar-refractivity contribution in [3.05, 3.63) is 10.0 Å². The molecule has 1 heterocycles. The molecule has 5 nitrogen and oxygen atoms in total. The number of aromatic nitrogens is 2. The maximum Gasteiger partial charge on any atom is 0.239 e. The normalized spacial score (nSPS) is 11.9. The zero-order valence-electron chi connectivity index (χ0n) is 10.1. The molecule has 0 fully saturated rings. The van der Waals surface area contributed by atoms with Crippen LogP contribution in [0.3, 0.4) is 0 Å². The first-order valence-electron chi connectivity index (χ1n) is 5.20. The largest absolute Gasteiger partial charge is 0.348 e. The SMILES string of the molecule is CC(C)c1nnc(CNC(=O)C(C)(C)N)s1. The van der Waals surface area contributed by atoms with Crippen molar-refractivity contribution < 1.29 is 4.79 Å². The highest BCUT2D eigenvalue weighted by Crippen LogP contribution is 2.18. The number of nitrogens with zero attached hydrogens (tertiary/aromatic N) is 2. The Morgan fingerprint density at radius 1 is 1.50 bits per heavy atom. The Kier molecular flexibility index (Phi) is 3.98. The molecule has 0 atom stereocenters. The summed E-state index contributed by atoms with van der Waals surface area (Å²) in [6.07, 6.45) is 0. The van der Waals surface area contributed by atoms with Gasteiger partial charge in [0.1, 0.15) is 10.0 Å². The molecular weight excluding hydrogens is 224 g/mol. The summed E-state index contributed by atoms with van der Waals surface area (Å²) >= 11 is 1.52. The lowest BCUT2D eigenvalue weighted by atomic mass is 10.1. The molecule has 1 aromatic heterocycles. The Labute approximate surface area is 99.5 Å². The molecule has 0 aromatic carbocycles. The van der Waals surface area contributed by atoms with Crippen molar-refractivity contribution in [2.24, 2.45) is 5.73 Å². The summed E-state index contributed by atoms with van der Waals surface area (Å²) in [6.45, 7) is 7.85. The monoisotopic (exact) mass is 242 g/mol. The van der Waals surface area contributed by atoms with Crippen molar-refractivity contribution >= 4 is 17.2 Å². The van der Waals surface area contributed by atoms with Crippen LogP contribution in [-0.2, 0) is 11.3 Å². The number of carbonyl (C=O) groups is 1. The molecule has 6 heteroatoms. The molecule has 0 aliphatic carbocycles. The van der Waals surface area contributed by atoms with Crippen LogP contribution in [0.5, 0.6) is 0 Å². The summed E-state index contributed by atoms with van der Waals surface area (Å²) in [6, 6.07) is 0. The van der Waals surface area contributed by atoms with E-state index < -0.39 is 5.54 Å². The quantitative estimate of drug-likeness (QED) is 0.826. The van der Waals surface area contributed by atoms with Gasteiger partial charge in [-0.15, -0.1) is 10.2 Å². The van der Waals surface area contributed by atoms with E-state index in [0.29, 0.717) is 12.5 Å². The average molecular weight is 242 g/mol. The molecule has 0 spiro atoms. The summed E-state index contributed by atoms with van der Waals surface area (Å²) < 4.78 is 0. The maximum absolute atomic E-state index is 11.5. The van der Waals surface area contributed by atoms with Crippen LogP contribution in [-0.4, -0.2) is 21.6 Å². The minimum atomic E-state index is -0.856. The van der Waals surface area contributed by atoms with E-state index in [1.165, 1.54) is 11.3 Å². The summed E-state index contributed by atoms with van der Waals surface area (Å²) in [5.41, 5.74) is 4.80. The van der Waals surface area contributed by atoms with Crippen molar-refractivity contribution in [2.45, 2.75) is 45.7 Å². The third-order valence-electron chi connectivity index (χ3n) is 1.96. The summed E-state index contributed by atoms with van der Waals surface area (Å²) in [5.74, 6) is 0.182. The van der Waals surface area contributed by atoms with Gasteiger partial charge < -0.3 is 11.1 Å². The minimum Gasteiger partial charge on any atom is -0.348 e. The van der Waals surface area contributed by atoms with Crippen LogP contribution in [0.1, 0.15) is 43.6 Å². The molecule has 0 saturated heterocycles. The minimum absolute atomic E-state index is 0.186. The fourth-order valence-corrected chi connectivity index (χ4v) is 1.74. The summed E-state index contributed by atoms with van der Waals surface area (Å²) in [5, 5.41) is 12.6. The molecule has 16 heavy (non-hydrogen) atoms. The lowest BCUT2D eigenvalue weighted by Crippen LogP contribution is -2.48. The molecule has 0 bridgehead atoms. The van der Waals surface area contributed by atoms with E-state index in [1.54, 1.807) is 13.8 Å². The van der Waals surface area contributed by atoms with Gasteiger partial charge in [0.25, 0.3) is 0 Å². The van der Waals surface area contributed by atoms with E-state index in [0.717, 1.165) is 10.0 Å². The first-order valence-corrected chi connectivity index (χ1v) is 6.02. The van der Waals surface area contributed by atoms with E-state index >= 15 is 0 Å². The second-order valence-electron chi connectivity index (χ2n) is 4.59. The predicted octanol–water partition coefficient (Wildman–Crippen LogP) is 1.01. The molecular formula is C10H18N4OS. The highest BCUT2D eigenvalue weighted by molar-refractivity contribution is 7.11. The second-order valence-corrected chi connectivity index (χ2v) is 5.69. The van der Waals surface area contributed by atoms with Crippen LogP contribution >= 0.6 is 11.3 Å². The van der Waals surface area contributed by atoms with Crippen molar-refractivity contribution in [3.8, 4) is 0 Å². The highest BCUT2D eigenvalue weighted by Gasteiger charge is 2.21. The molecule has 90 valence electrons. The van der Waals surface area contributed by atoms with E-state index in [1.807, 2.05) is 0 Å². The molecule has 1 amide bonds. The lowest BCUT2D eigenvalue weighted by Gasteiger charge is -2.16. The molecule has 0 radical (unpaired) electrons. The number of rotatable bonds is 4. The molecule has 0 unspecified atom stereocenters. The fourth-order valence-electron chi connectivity index (χ4n) is 0.955. The zero-order valence-corrected chi connectivity index (χ0v) is 10.9. The standard InChI is InChI=1S/C10H18N4OS/c1-6(2)8-14-13-7(16-8)5-12-9(15)10(3,4)11/h6H,5,11H2,1-4H3,(H,12,15). The fraction of sp³-hybridized carbons (Fsp3) is 0.700. The number of hydrogen-bond donors (Lipinski definition) is 2. The van der Waals surface area contributed by atoms with E-state index in [-0.39, 0.29) is 5.91 Å². The first-order chi connectivity index (χ1) is 7.30. The number of amides is 1. The lowest BCUT2D eigenvalue weighted by molar-refractivity contribution is -0.125. The number of nitrogens with one attached hydrogen (secondary N) is 1. The third-order valence-corrected chi connectivity index (χ3v) is 3.19. The van der Waals surface area contributed by atoms with Gasteiger partial charge in [-0.3, -0.25) is 4.79 Å². The molecule has 0 aliphatic heterocycles. The van der Waals surface area contributed by atoms with Crippen molar-refractivity contribution in [1.29, 1.82) is 0 Å². The van der Waals surface area contributed by atoms with Gasteiger partial charge in [0.15, 0.2) is 0 Å². The Morgan fingerprint density at radius 2 is 2.12 bits per heavy atom.